The number of aromatic nitrogens is 1. The Morgan fingerprint density at radius 1 is 1.08 bits per heavy atom. The molecule has 0 fully saturated rings. The van der Waals surface area contributed by atoms with Crippen LogP contribution >= 0.6 is 8.58 Å². The van der Waals surface area contributed by atoms with Crippen LogP contribution in [0, 0.1) is 6.92 Å². The molecule has 2 atom stereocenters. The molecule has 0 aliphatic carbocycles. The summed E-state index contributed by atoms with van der Waals surface area (Å²) in [5.74, 6) is 0.419. The summed E-state index contributed by atoms with van der Waals surface area (Å²) >= 11 is 0. The summed E-state index contributed by atoms with van der Waals surface area (Å²) in [5.41, 5.74) is 3.07. The Kier molecular flexibility index (Phi) is 5.58. The molecule has 1 aromatic heterocycles. The van der Waals surface area contributed by atoms with Crippen molar-refractivity contribution >= 4 is 20.1 Å². The highest BCUT2D eigenvalue weighted by atomic mass is 31.1. The van der Waals surface area contributed by atoms with Crippen LogP contribution in [0.1, 0.15) is 37.0 Å². The molecule has 3 nitrogen and oxygen atoms in total. The highest BCUT2D eigenvalue weighted by Gasteiger charge is 2.29. The molecule has 0 bridgehead atoms. The van der Waals surface area contributed by atoms with Gasteiger partial charge in [-0.05, 0) is 36.3 Å². The Morgan fingerprint density at radius 2 is 1.81 bits per heavy atom. The zero-order valence-electron chi connectivity index (χ0n) is 15.5. The quantitative estimate of drug-likeness (QED) is 0.484. The van der Waals surface area contributed by atoms with E-state index in [-0.39, 0.29) is 5.16 Å². The zero-order valence-corrected chi connectivity index (χ0v) is 16.5. The number of rotatable bonds is 6. The molecule has 3 rings (SSSR count). The van der Waals surface area contributed by atoms with Crippen LogP contribution in [-0.2, 0) is 5.16 Å². The van der Waals surface area contributed by atoms with Crippen molar-refractivity contribution in [3.8, 4) is 5.75 Å². The fourth-order valence-electron chi connectivity index (χ4n) is 3.00. The third kappa shape index (κ3) is 3.89. The Balaban J connectivity index is 1.95. The highest BCUT2D eigenvalue weighted by molar-refractivity contribution is 7.48. The number of para-hydroxylation sites is 1. The molecular weight excluding hydrogens is 339 g/mol. The van der Waals surface area contributed by atoms with Crippen molar-refractivity contribution in [1.29, 1.82) is 0 Å². The molecule has 26 heavy (non-hydrogen) atoms. The van der Waals surface area contributed by atoms with Crippen LogP contribution in [0.25, 0.3) is 0 Å². The second-order valence-electron chi connectivity index (χ2n) is 6.68. The number of hydrogen-bond acceptors (Lipinski definition) is 2. The lowest BCUT2D eigenvalue weighted by Crippen LogP contribution is -2.20. The second-order valence-corrected chi connectivity index (χ2v) is 8.57. The summed E-state index contributed by atoms with van der Waals surface area (Å²) in [6, 6.07) is 18.3. The van der Waals surface area contributed by atoms with Crippen LogP contribution < -0.4 is 5.30 Å². The number of phenolic OH excluding ortho intramolecular Hbond substituents is 1. The van der Waals surface area contributed by atoms with E-state index in [0.29, 0.717) is 14.3 Å². The van der Waals surface area contributed by atoms with Gasteiger partial charge in [0.25, 0.3) is 0 Å². The minimum Gasteiger partial charge on any atom is -0.507 e. The van der Waals surface area contributed by atoms with Gasteiger partial charge in [0.2, 0.25) is 0 Å². The van der Waals surface area contributed by atoms with E-state index >= 15 is 0 Å². The first-order chi connectivity index (χ1) is 12.5. The van der Waals surface area contributed by atoms with Gasteiger partial charge in [0, 0.05) is 28.7 Å². The molecule has 0 aliphatic rings. The van der Waals surface area contributed by atoms with Crippen LogP contribution in [0.2, 0.25) is 0 Å². The fourth-order valence-corrected chi connectivity index (χ4v) is 4.58. The molecule has 0 saturated carbocycles. The Morgan fingerprint density at radius 3 is 2.54 bits per heavy atom. The Labute approximate surface area is 157 Å². The third-order valence-corrected chi connectivity index (χ3v) is 6.73. The summed E-state index contributed by atoms with van der Waals surface area (Å²) in [6.45, 7) is 6.38. The third-order valence-electron chi connectivity index (χ3n) is 4.83. The highest BCUT2D eigenvalue weighted by Crippen LogP contribution is 2.47. The topological polar surface area (TPSA) is 37.5 Å². The molecule has 1 heterocycles. The van der Waals surface area contributed by atoms with Gasteiger partial charge in [-0.15, -0.1) is 0 Å². The molecule has 2 aromatic carbocycles. The first kappa shape index (κ1) is 18.4. The maximum absolute atomic E-state index is 10.6. The summed E-state index contributed by atoms with van der Waals surface area (Å²) in [7, 11) is 0.532. The minimum absolute atomic E-state index is 0.118. The molecule has 3 aromatic rings. The zero-order chi connectivity index (χ0) is 18.6. The largest absolute Gasteiger partial charge is 0.507 e. The van der Waals surface area contributed by atoms with Crippen molar-refractivity contribution < 1.29 is 5.11 Å². The van der Waals surface area contributed by atoms with E-state index in [2.05, 4.69) is 43.2 Å². The maximum Gasteiger partial charge on any atom is 0.122 e. The smallest absolute Gasteiger partial charge is 0.122 e. The van der Waals surface area contributed by atoms with Crippen LogP contribution in [0.3, 0.4) is 0 Å². The van der Waals surface area contributed by atoms with Crippen molar-refractivity contribution in [3.05, 3.63) is 83.7 Å². The van der Waals surface area contributed by atoms with Gasteiger partial charge in [-0.25, -0.2) is 4.68 Å². The molecule has 2 unspecified atom stereocenters. The van der Waals surface area contributed by atoms with Crippen molar-refractivity contribution in [2.24, 2.45) is 5.10 Å². The summed E-state index contributed by atoms with van der Waals surface area (Å²) in [5, 5.41) is 16.3. The number of nitrogens with zero attached hydrogens (tertiary/aromatic N) is 2. The molecule has 1 N–H and O–H groups in total. The molecule has 0 aliphatic heterocycles. The fraction of sp³-hybridized carbons (Fsp3) is 0.227. The van der Waals surface area contributed by atoms with Crippen molar-refractivity contribution in [2.75, 3.05) is 0 Å². The van der Waals surface area contributed by atoms with Gasteiger partial charge in [-0.1, -0.05) is 64.9 Å². The predicted molar refractivity (Wildman–Crippen MR) is 112 cm³/mol. The van der Waals surface area contributed by atoms with E-state index < -0.39 is 0 Å². The summed E-state index contributed by atoms with van der Waals surface area (Å²) in [4.78, 5) is 0. The number of aryl methyl sites for hydroxylation is 1. The Hall–Kier alpha value is -2.38. The molecule has 0 radical (unpaired) electrons. The van der Waals surface area contributed by atoms with Crippen LogP contribution in [0.5, 0.6) is 5.75 Å². The van der Waals surface area contributed by atoms with E-state index in [1.54, 1.807) is 4.68 Å². The van der Waals surface area contributed by atoms with E-state index in [4.69, 9.17) is 0 Å². The number of aromatic hydroxyl groups is 1. The van der Waals surface area contributed by atoms with Gasteiger partial charge in [0.15, 0.2) is 0 Å². The first-order valence-electron chi connectivity index (χ1n) is 8.87. The van der Waals surface area contributed by atoms with Gasteiger partial charge < -0.3 is 5.11 Å². The first-order valence-corrected chi connectivity index (χ1v) is 9.87. The molecular formula is C22H25N2OP. The molecule has 0 saturated heterocycles. The van der Waals surface area contributed by atoms with Gasteiger partial charge in [0.05, 0.1) is 6.21 Å². The lowest BCUT2D eigenvalue weighted by Gasteiger charge is -2.31. The van der Waals surface area contributed by atoms with Gasteiger partial charge in [0.1, 0.15) is 5.75 Å². The number of hydrogen-bond donors (Lipinski definition) is 1. The molecule has 134 valence electrons. The number of benzene rings is 2. The van der Waals surface area contributed by atoms with Gasteiger partial charge in [-0.3, -0.25) is 0 Å². The predicted octanol–water partition coefficient (Wildman–Crippen LogP) is 5.01. The van der Waals surface area contributed by atoms with E-state index in [1.807, 2.05) is 55.9 Å². The standard InChI is InChI=1S/C22H25N2OP/c1-4-22(3,19-12-9-10-17(2)21(19)25)26-20-13-6-5-11-18(20)16-23-24-14-7-8-15-24/h5-16,25-26H,4H2,1-3H3/b23-16+. The average Bonchev–Trinajstić information content (AvgIpc) is 3.16. The second kappa shape index (κ2) is 7.88. The SMILES string of the molecule is CCC(C)(Pc1ccccc1/C=N/n1cccc1)c1cccc(C)c1O. The van der Waals surface area contributed by atoms with Gasteiger partial charge in [-0.2, -0.15) is 5.10 Å². The summed E-state index contributed by atoms with van der Waals surface area (Å²) < 4.78 is 1.80. The maximum atomic E-state index is 10.6. The lowest BCUT2D eigenvalue weighted by atomic mass is 9.94. The van der Waals surface area contributed by atoms with E-state index in [9.17, 15) is 5.11 Å². The van der Waals surface area contributed by atoms with Gasteiger partial charge >= 0.3 is 0 Å². The van der Waals surface area contributed by atoms with Crippen LogP contribution in [-0.4, -0.2) is 16.0 Å². The van der Waals surface area contributed by atoms with Crippen LogP contribution in [0.4, 0.5) is 0 Å². The average molecular weight is 364 g/mol. The van der Waals surface area contributed by atoms with Crippen LogP contribution in [0.15, 0.2) is 72.1 Å². The van der Waals surface area contributed by atoms with Crippen molar-refractivity contribution in [1.82, 2.24) is 4.68 Å². The molecule has 4 heteroatoms. The number of phenols is 1. The summed E-state index contributed by atoms with van der Waals surface area (Å²) in [6.07, 6.45) is 6.70. The van der Waals surface area contributed by atoms with E-state index in [1.165, 1.54) is 5.30 Å². The molecule has 0 amide bonds. The lowest BCUT2D eigenvalue weighted by molar-refractivity contribution is 0.452. The van der Waals surface area contributed by atoms with Crippen molar-refractivity contribution in [3.63, 3.8) is 0 Å². The molecule has 0 spiro atoms. The van der Waals surface area contributed by atoms with E-state index in [0.717, 1.165) is 23.1 Å². The Bertz CT molecular complexity index is 902. The van der Waals surface area contributed by atoms with Crippen molar-refractivity contribution in [2.45, 2.75) is 32.3 Å². The normalized spacial score (nSPS) is 14.3. The minimum atomic E-state index is -0.118. The monoisotopic (exact) mass is 364 g/mol.